The number of rotatable bonds is 5. The number of aromatic nitrogens is 1. The average Bonchev–Trinajstić information content (AvgIpc) is 2.90. The summed E-state index contributed by atoms with van der Waals surface area (Å²) in [6.07, 6.45) is 2.80. The largest absolute Gasteiger partial charge is 0.356 e. The normalized spacial score (nSPS) is 11.5. The Kier molecular flexibility index (Phi) is 6.02. The van der Waals surface area contributed by atoms with Crippen molar-refractivity contribution in [2.75, 3.05) is 13.6 Å². The molecule has 0 aliphatic carbocycles. The molecule has 112 valence electrons. The van der Waals surface area contributed by atoms with Crippen LogP contribution in [0.2, 0.25) is 5.02 Å². The molecule has 1 heterocycles. The first-order valence-electron chi connectivity index (χ1n) is 6.78. The molecule has 2 N–H and O–H groups in total. The van der Waals surface area contributed by atoms with Gasteiger partial charge in [0, 0.05) is 42.7 Å². The van der Waals surface area contributed by atoms with E-state index < -0.39 is 0 Å². The number of aryl methyl sites for hydroxylation is 1. The summed E-state index contributed by atoms with van der Waals surface area (Å²) in [4.78, 5) is 9.79. The monoisotopic (exact) mass is 322 g/mol. The van der Waals surface area contributed by atoms with Gasteiger partial charge in [-0.25, -0.2) is 4.98 Å². The lowest BCUT2D eigenvalue weighted by atomic mass is 10.2. The van der Waals surface area contributed by atoms with Gasteiger partial charge in [0.15, 0.2) is 5.96 Å². The molecule has 0 amide bonds. The first kappa shape index (κ1) is 15.8. The van der Waals surface area contributed by atoms with E-state index in [-0.39, 0.29) is 0 Å². The van der Waals surface area contributed by atoms with Gasteiger partial charge in [-0.05, 0) is 18.6 Å². The molecule has 0 saturated carbocycles. The molecule has 0 unspecified atom stereocenters. The van der Waals surface area contributed by atoms with Crippen molar-refractivity contribution in [3.05, 3.63) is 50.9 Å². The van der Waals surface area contributed by atoms with Crippen molar-refractivity contribution >= 4 is 28.9 Å². The number of nitrogens with zero attached hydrogens (tertiary/aromatic N) is 2. The highest BCUT2D eigenvalue weighted by Crippen LogP contribution is 2.14. The van der Waals surface area contributed by atoms with Crippen LogP contribution in [0, 0.1) is 6.92 Å². The van der Waals surface area contributed by atoms with E-state index in [9.17, 15) is 0 Å². The van der Waals surface area contributed by atoms with Crippen LogP contribution in [0.4, 0.5) is 0 Å². The molecular weight excluding hydrogens is 304 g/mol. The van der Waals surface area contributed by atoms with Crippen LogP contribution in [-0.2, 0) is 13.0 Å². The first-order chi connectivity index (χ1) is 10.2. The second kappa shape index (κ2) is 8.00. The third kappa shape index (κ3) is 5.02. The first-order valence-corrected chi connectivity index (χ1v) is 7.97. The van der Waals surface area contributed by atoms with Gasteiger partial charge in [-0.15, -0.1) is 11.3 Å². The van der Waals surface area contributed by atoms with Crippen LogP contribution in [0.1, 0.15) is 15.4 Å². The highest BCUT2D eigenvalue weighted by atomic mass is 35.5. The molecule has 0 saturated heterocycles. The molecule has 0 spiro atoms. The van der Waals surface area contributed by atoms with Gasteiger partial charge in [0.2, 0.25) is 0 Å². The minimum absolute atomic E-state index is 0.649. The maximum Gasteiger partial charge on any atom is 0.191 e. The summed E-state index contributed by atoms with van der Waals surface area (Å²) in [6, 6.07) is 7.79. The molecule has 0 fully saturated rings. The molecule has 2 aromatic rings. The van der Waals surface area contributed by atoms with Gasteiger partial charge in [0.1, 0.15) is 0 Å². The summed E-state index contributed by atoms with van der Waals surface area (Å²) in [6.45, 7) is 3.52. The fourth-order valence-electron chi connectivity index (χ4n) is 1.85. The molecule has 6 heteroatoms. The summed E-state index contributed by atoms with van der Waals surface area (Å²) in [5.41, 5.74) is 1.05. The maximum absolute atomic E-state index is 6.13. The number of guanidine groups is 1. The minimum Gasteiger partial charge on any atom is -0.356 e. The molecule has 0 aliphatic rings. The Bertz CT molecular complexity index is 609. The zero-order chi connectivity index (χ0) is 15.1. The summed E-state index contributed by atoms with van der Waals surface area (Å²) in [5.74, 6) is 0.767. The van der Waals surface area contributed by atoms with E-state index in [1.807, 2.05) is 30.5 Å². The Morgan fingerprint density at radius 2 is 2.14 bits per heavy atom. The molecular formula is C15H19ClN4S. The van der Waals surface area contributed by atoms with Crippen LogP contribution in [0.5, 0.6) is 0 Å². The van der Waals surface area contributed by atoms with Gasteiger partial charge < -0.3 is 10.6 Å². The molecule has 1 aromatic heterocycles. The van der Waals surface area contributed by atoms with Crippen LogP contribution in [-0.4, -0.2) is 24.5 Å². The lowest BCUT2D eigenvalue weighted by Crippen LogP contribution is -2.37. The molecule has 21 heavy (non-hydrogen) atoms. The molecule has 4 nitrogen and oxygen atoms in total. The molecule has 0 aliphatic heterocycles. The topological polar surface area (TPSA) is 49.3 Å². The van der Waals surface area contributed by atoms with Crippen molar-refractivity contribution in [2.24, 2.45) is 4.99 Å². The van der Waals surface area contributed by atoms with Crippen molar-refractivity contribution in [1.29, 1.82) is 0 Å². The Hall–Kier alpha value is -1.59. The Labute approximate surface area is 134 Å². The second-order valence-electron chi connectivity index (χ2n) is 4.56. The summed E-state index contributed by atoms with van der Waals surface area (Å²) in [7, 11) is 1.76. The minimum atomic E-state index is 0.649. The highest BCUT2D eigenvalue weighted by molar-refractivity contribution is 7.11. The summed E-state index contributed by atoms with van der Waals surface area (Å²) >= 11 is 7.86. The fourth-order valence-corrected chi connectivity index (χ4v) is 2.84. The fraction of sp³-hybridized carbons (Fsp3) is 0.333. The Morgan fingerprint density at radius 1 is 1.33 bits per heavy atom. The molecule has 0 radical (unpaired) electrons. The summed E-state index contributed by atoms with van der Waals surface area (Å²) in [5, 5.41) is 8.44. The smallest absolute Gasteiger partial charge is 0.191 e. The maximum atomic E-state index is 6.13. The Balaban J connectivity index is 1.77. The predicted molar refractivity (Wildman–Crippen MR) is 90.2 cm³/mol. The van der Waals surface area contributed by atoms with Crippen molar-refractivity contribution in [1.82, 2.24) is 15.6 Å². The standard InChI is InChI=1S/C15H19ClN4S/c1-11-9-19-14(21-11)7-8-18-15(17-2)20-10-12-5-3-4-6-13(12)16/h3-6,9H,7-8,10H2,1-2H3,(H2,17,18,20). The van der Waals surface area contributed by atoms with Crippen LogP contribution in [0.15, 0.2) is 35.5 Å². The number of halogens is 1. The number of thiazole rings is 1. The third-order valence-electron chi connectivity index (χ3n) is 2.93. The lowest BCUT2D eigenvalue weighted by Gasteiger charge is -2.12. The van der Waals surface area contributed by atoms with Gasteiger partial charge in [0.05, 0.1) is 5.01 Å². The highest BCUT2D eigenvalue weighted by Gasteiger charge is 2.02. The lowest BCUT2D eigenvalue weighted by molar-refractivity contribution is 0.792. The van der Waals surface area contributed by atoms with E-state index in [0.29, 0.717) is 6.54 Å². The third-order valence-corrected chi connectivity index (χ3v) is 4.27. The zero-order valence-corrected chi connectivity index (χ0v) is 13.8. The number of benzene rings is 1. The van der Waals surface area contributed by atoms with E-state index in [4.69, 9.17) is 11.6 Å². The quantitative estimate of drug-likeness (QED) is 0.657. The van der Waals surface area contributed by atoms with Crippen LogP contribution in [0.3, 0.4) is 0 Å². The Morgan fingerprint density at radius 3 is 2.81 bits per heavy atom. The van der Waals surface area contributed by atoms with Crippen molar-refractivity contribution in [2.45, 2.75) is 19.9 Å². The van der Waals surface area contributed by atoms with E-state index in [0.717, 1.165) is 34.5 Å². The van der Waals surface area contributed by atoms with Crippen molar-refractivity contribution in [3.63, 3.8) is 0 Å². The molecule has 1 aromatic carbocycles. The van der Waals surface area contributed by atoms with E-state index >= 15 is 0 Å². The SMILES string of the molecule is CN=C(NCCc1ncc(C)s1)NCc1ccccc1Cl. The summed E-state index contributed by atoms with van der Waals surface area (Å²) < 4.78 is 0. The zero-order valence-electron chi connectivity index (χ0n) is 12.2. The van der Waals surface area contributed by atoms with Crippen LogP contribution < -0.4 is 10.6 Å². The van der Waals surface area contributed by atoms with Gasteiger partial charge in [-0.2, -0.15) is 0 Å². The van der Waals surface area contributed by atoms with Gasteiger partial charge in [0.25, 0.3) is 0 Å². The van der Waals surface area contributed by atoms with Gasteiger partial charge in [-0.3, -0.25) is 4.99 Å². The van der Waals surface area contributed by atoms with Crippen molar-refractivity contribution in [3.8, 4) is 0 Å². The number of nitrogens with one attached hydrogen (secondary N) is 2. The van der Waals surface area contributed by atoms with Crippen LogP contribution in [0.25, 0.3) is 0 Å². The molecule has 0 atom stereocenters. The number of aliphatic imine (C=N–C) groups is 1. The molecule has 0 bridgehead atoms. The molecule has 2 rings (SSSR count). The van der Waals surface area contributed by atoms with Crippen LogP contribution >= 0.6 is 22.9 Å². The second-order valence-corrected chi connectivity index (χ2v) is 6.29. The van der Waals surface area contributed by atoms with Crippen molar-refractivity contribution < 1.29 is 0 Å². The van der Waals surface area contributed by atoms with E-state index in [2.05, 4.69) is 27.5 Å². The van der Waals surface area contributed by atoms with Gasteiger partial charge >= 0.3 is 0 Å². The van der Waals surface area contributed by atoms with E-state index in [1.165, 1.54) is 4.88 Å². The number of hydrogen-bond acceptors (Lipinski definition) is 3. The van der Waals surface area contributed by atoms with E-state index in [1.54, 1.807) is 18.4 Å². The van der Waals surface area contributed by atoms with Gasteiger partial charge in [-0.1, -0.05) is 29.8 Å². The average molecular weight is 323 g/mol. The predicted octanol–water partition coefficient (Wildman–Crippen LogP) is 3.01. The number of hydrogen-bond donors (Lipinski definition) is 2.